The highest BCUT2D eigenvalue weighted by molar-refractivity contribution is 9.10. The van der Waals surface area contributed by atoms with Crippen LogP contribution in [0.4, 0.5) is 4.39 Å². The number of nitrogens with one attached hydrogen (secondary N) is 1. The lowest BCUT2D eigenvalue weighted by atomic mass is 10.0. The van der Waals surface area contributed by atoms with Crippen LogP contribution in [0.15, 0.2) is 22.7 Å². The quantitative estimate of drug-likeness (QED) is 0.769. The first-order valence-corrected chi connectivity index (χ1v) is 7.08. The SMILES string of the molecule is CC(C)CC(CCl)NCc1cc(F)cc(Br)c1. The highest BCUT2D eigenvalue weighted by atomic mass is 79.9. The van der Waals surface area contributed by atoms with Crippen molar-refractivity contribution >= 4 is 27.5 Å². The standard InChI is InChI=1S/C13H18BrClFN/c1-9(2)3-13(7-15)17-8-10-4-11(14)6-12(16)5-10/h4-6,9,13,17H,3,7-8H2,1-2H3. The van der Waals surface area contributed by atoms with Crippen LogP contribution in [0.2, 0.25) is 0 Å². The molecule has 0 fully saturated rings. The first-order valence-electron chi connectivity index (χ1n) is 5.75. The molecule has 0 saturated heterocycles. The summed E-state index contributed by atoms with van der Waals surface area (Å²) in [5.41, 5.74) is 0.927. The van der Waals surface area contributed by atoms with Crippen molar-refractivity contribution in [3.63, 3.8) is 0 Å². The van der Waals surface area contributed by atoms with E-state index < -0.39 is 0 Å². The van der Waals surface area contributed by atoms with E-state index >= 15 is 0 Å². The molecule has 1 aromatic rings. The Balaban J connectivity index is 2.53. The maximum absolute atomic E-state index is 13.2. The summed E-state index contributed by atoms with van der Waals surface area (Å²) in [7, 11) is 0. The van der Waals surface area contributed by atoms with Gasteiger partial charge in [0.25, 0.3) is 0 Å². The summed E-state index contributed by atoms with van der Waals surface area (Å²) in [4.78, 5) is 0. The average Bonchev–Trinajstić information content (AvgIpc) is 2.22. The topological polar surface area (TPSA) is 12.0 Å². The van der Waals surface area contributed by atoms with E-state index in [4.69, 9.17) is 11.6 Å². The van der Waals surface area contributed by atoms with Gasteiger partial charge in [-0.15, -0.1) is 11.6 Å². The third-order valence-corrected chi connectivity index (χ3v) is 3.29. The summed E-state index contributed by atoms with van der Waals surface area (Å²) in [6.07, 6.45) is 1.03. The van der Waals surface area contributed by atoms with Gasteiger partial charge >= 0.3 is 0 Å². The van der Waals surface area contributed by atoms with Crippen LogP contribution >= 0.6 is 27.5 Å². The zero-order valence-electron chi connectivity index (χ0n) is 10.1. The maximum atomic E-state index is 13.2. The Morgan fingerprint density at radius 1 is 1.35 bits per heavy atom. The Morgan fingerprint density at radius 3 is 2.59 bits per heavy atom. The summed E-state index contributed by atoms with van der Waals surface area (Å²) in [6.45, 7) is 4.97. The summed E-state index contributed by atoms with van der Waals surface area (Å²) in [5, 5.41) is 3.35. The Hall–Kier alpha value is -0.120. The van der Waals surface area contributed by atoms with Gasteiger partial charge in [0.15, 0.2) is 0 Å². The minimum atomic E-state index is -0.220. The molecule has 0 radical (unpaired) electrons. The minimum Gasteiger partial charge on any atom is -0.309 e. The van der Waals surface area contributed by atoms with Crippen molar-refractivity contribution < 1.29 is 4.39 Å². The molecule has 4 heteroatoms. The van der Waals surface area contributed by atoms with Crippen molar-refractivity contribution in [1.82, 2.24) is 5.32 Å². The number of hydrogen-bond donors (Lipinski definition) is 1. The molecule has 0 spiro atoms. The van der Waals surface area contributed by atoms with Crippen molar-refractivity contribution in [2.75, 3.05) is 5.88 Å². The lowest BCUT2D eigenvalue weighted by Gasteiger charge is -2.18. The van der Waals surface area contributed by atoms with Crippen LogP contribution in [-0.2, 0) is 6.54 Å². The molecule has 96 valence electrons. The van der Waals surface area contributed by atoms with Crippen LogP contribution in [0.3, 0.4) is 0 Å². The van der Waals surface area contributed by atoms with Crippen LogP contribution in [0, 0.1) is 11.7 Å². The van der Waals surface area contributed by atoms with Crippen LogP contribution in [0.5, 0.6) is 0 Å². The molecule has 17 heavy (non-hydrogen) atoms. The first kappa shape index (κ1) is 14.9. The Bertz CT molecular complexity index is 337. The predicted octanol–water partition coefficient (Wildman–Crippen LogP) is 4.33. The molecular formula is C13H18BrClFN. The zero-order chi connectivity index (χ0) is 12.8. The molecule has 1 unspecified atom stereocenters. The van der Waals surface area contributed by atoms with E-state index in [1.54, 1.807) is 6.07 Å². The van der Waals surface area contributed by atoms with Crippen molar-refractivity contribution in [3.05, 3.63) is 34.1 Å². The highest BCUT2D eigenvalue weighted by Crippen LogP contribution is 2.15. The largest absolute Gasteiger partial charge is 0.309 e. The monoisotopic (exact) mass is 321 g/mol. The predicted molar refractivity (Wildman–Crippen MR) is 74.9 cm³/mol. The molecule has 0 saturated carbocycles. The van der Waals surface area contributed by atoms with E-state index in [2.05, 4.69) is 35.1 Å². The second-order valence-corrected chi connectivity index (χ2v) is 5.86. The van der Waals surface area contributed by atoms with E-state index in [0.29, 0.717) is 18.3 Å². The molecule has 1 aromatic carbocycles. The number of hydrogen-bond acceptors (Lipinski definition) is 1. The molecule has 1 atom stereocenters. The maximum Gasteiger partial charge on any atom is 0.124 e. The van der Waals surface area contributed by atoms with Crippen LogP contribution < -0.4 is 5.32 Å². The van der Waals surface area contributed by atoms with Crippen LogP contribution in [0.25, 0.3) is 0 Å². The fraction of sp³-hybridized carbons (Fsp3) is 0.538. The number of benzene rings is 1. The van der Waals surface area contributed by atoms with Gasteiger partial charge < -0.3 is 5.32 Å². The van der Waals surface area contributed by atoms with Gasteiger partial charge in [-0.25, -0.2) is 4.39 Å². The zero-order valence-corrected chi connectivity index (χ0v) is 12.5. The van der Waals surface area contributed by atoms with E-state index in [-0.39, 0.29) is 11.9 Å². The summed E-state index contributed by atoms with van der Waals surface area (Å²) in [6, 6.07) is 5.19. The smallest absolute Gasteiger partial charge is 0.124 e. The fourth-order valence-electron chi connectivity index (χ4n) is 1.75. The van der Waals surface area contributed by atoms with E-state index in [9.17, 15) is 4.39 Å². The Morgan fingerprint density at radius 2 is 2.06 bits per heavy atom. The second-order valence-electron chi connectivity index (χ2n) is 4.64. The lowest BCUT2D eigenvalue weighted by Crippen LogP contribution is -2.31. The van der Waals surface area contributed by atoms with E-state index in [1.807, 2.05) is 6.07 Å². The minimum absolute atomic E-state index is 0.220. The fourth-order valence-corrected chi connectivity index (χ4v) is 2.49. The van der Waals surface area contributed by atoms with Crippen molar-refractivity contribution in [1.29, 1.82) is 0 Å². The molecule has 0 heterocycles. The van der Waals surface area contributed by atoms with Crippen molar-refractivity contribution in [2.24, 2.45) is 5.92 Å². The number of halogens is 3. The molecule has 0 aliphatic carbocycles. The van der Waals surface area contributed by atoms with Gasteiger partial charge in [0, 0.05) is 22.9 Å². The number of rotatable bonds is 6. The van der Waals surface area contributed by atoms with Crippen LogP contribution in [0.1, 0.15) is 25.8 Å². The van der Waals surface area contributed by atoms with Gasteiger partial charge in [0.1, 0.15) is 5.82 Å². The van der Waals surface area contributed by atoms with Crippen molar-refractivity contribution in [3.8, 4) is 0 Å². The molecule has 0 aliphatic rings. The molecular weight excluding hydrogens is 305 g/mol. The van der Waals surface area contributed by atoms with Crippen molar-refractivity contribution in [2.45, 2.75) is 32.9 Å². The molecule has 0 aliphatic heterocycles. The molecule has 0 amide bonds. The normalized spacial score (nSPS) is 13.1. The Labute approximate surface area is 116 Å². The summed E-state index contributed by atoms with van der Waals surface area (Å²) in [5.74, 6) is 0.960. The highest BCUT2D eigenvalue weighted by Gasteiger charge is 2.09. The lowest BCUT2D eigenvalue weighted by molar-refractivity contribution is 0.444. The third kappa shape index (κ3) is 5.84. The molecule has 0 aromatic heterocycles. The number of alkyl halides is 1. The molecule has 1 nitrogen and oxygen atoms in total. The first-order chi connectivity index (χ1) is 8.01. The van der Waals surface area contributed by atoms with Gasteiger partial charge in [0.05, 0.1) is 0 Å². The van der Waals surface area contributed by atoms with Crippen LogP contribution in [-0.4, -0.2) is 11.9 Å². The molecule has 1 N–H and O–H groups in total. The second kappa shape index (κ2) is 7.34. The molecule has 1 rings (SSSR count). The van der Waals surface area contributed by atoms with Gasteiger partial charge in [0.2, 0.25) is 0 Å². The van der Waals surface area contributed by atoms with Gasteiger partial charge in [-0.1, -0.05) is 29.8 Å². The summed E-state index contributed by atoms with van der Waals surface area (Å²) >= 11 is 9.18. The van der Waals surface area contributed by atoms with Gasteiger partial charge in [-0.3, -0.25) is 0 Å². The van der Waals surface area contributed by atoms with E-state index in [1.165, 1.54) is 6.07 Å². The summed E-state index contributed by atoms with van der Waals surface area (Å²) < 4.78 is 13.9. The third-order valence-electron chi connectivity index (χ3n) is 2.46. The Kier molecular flexibility index (Phi) is 6.45. The molecule has 0 bridgehead atoms. The average molecular weight is 323 g/mol. The van der Waals surface area contributed by atoms with Gasteiger partial charge in [-0.05, 0) is 36.1 Å². The van der Waals surface area contributed by atoms with Gasteiger partial charge in [-0.2, -0.15) is 0 Å². The van der Waals surface area contributed by atoms with E-state index in [0.717, 1.165) is 16.5 Å².